The van der Waals surface area contributed by atoms with E-state index in [-0.39, 0.29) is 17.0 Å². The summed E-state index contributed by atoms with van der Waals surface area (Å²) >= 11 is 0. The van der Waals surface area contributed by atoms with Gasteiger partial charge in [0, 0.05) is 0 Å². The molecule has 5 nitrogen and oxygen atoms in total. The summed E-state index contributed by atoms with van der Waals surface area (Å²) in [5.41, 5.74) is 5.87. The standard InChI is InChI=1S/C14H13NO4/c1-18-10-6-2-3-7-11(10)19-12-8-4-5-9(13(12)15)14(16)17/h2-8H,15H2,1H3,(H,16,17). The first-order chi connectivity index (χ1) is 9.13. The number of rotatable bonds is 4. The van der Waals surface area contributed by atoms with Gasteiger partial charge >= 0.3 is 5.97 Å². The van der Waals surface area contributed by atoms with Gasteiger partial charge in [-0.05, 0) is 24.3 Å². The minimum absolute atomic E-state index is 0.00685. The summed E-state index contributed by atoms with van der Waals surface area (Å²) in [7, 11) is 1.53. The van der Waals surface area contributed by atoms with Crippen LogP contribution in [0.25, 0.3) is 0 Å². The zero-order chi connectivity index (χ0) is 13.8. The SMILES string of the molecule is COc1ccccc1Oc1cccc(C(=O)O)c1N. The summed E-state index contributed by atoms with van der Waals surface area (Å²) in [6.45, 7) is 0. The second kappa shape index (κ2) is 5.30. The van der Waals surface area contributed by atoms with E-state index in [0.29, 0.717) is 11.5 Å². The maximum atomic E-state index is 11.0. The Kier molecular flexibility index (Phi) is 3.56. The fraction of sp³-hybridized carbons (Fsp3) is 0.0714. The molecule has 0 amide bonds. The highest BCUT2D eigenvalue weighted by atomic mass is 16.5. The molecule has 2 aromatic carbocycles. The maximum Gasteiger partial charge on any atom is 0.337 e. The predicted octanol–water partition coefficient (Wildman–Crippen LogP) is 2.77. The van der Waals surface area contributed by atoms with Crippen LogP contribution >= 0.6 is 0 Å². The number of carbonyl (C=O) groups is 1. The van der Waals surface area contributed by atoms with Crippen molar-refractivity contribution in [2.75, 3.05) is 12.8 Å². The lowest BCUT2D eigenvalue weighted by molar-refractivity contribution is 0.0698. The lowest BCUT2D eigenvalue weighted by Crippen LogP contribution is -2.03. The molecule has 2 aromatic rings. The van der Waals surface area contributed by atoms with E-state index in [1.807, 2.05) is 6.07 Å². The minimum Gasteiger partial charge on any atom is -0.493 e. The third-order valence-corrected chi connectivity index (χ3v) is 2.59. The predicted molar refractivity (Wildman–Crippen MR) is 70.9 cm³/mol. The van der Waals surface area contributed by atoms with E-state index in [4.69, 9.17) is 20.3 Å². The van der Waals surface area contributed by atoms with Crippen LogP contribution in [-0.4, -0.2) is 18.2 Å². The van der Waals surface area contributed by atoms with Gasteiger partial charge in [-0.25, -0.2) is 4.79 Å². The lowest BCUT2D eigenvalue weighted by Gasteiger charge is -2.12. The largest absolute Gasteiger partial charge is 0.493 e. The fourth-order valence-electron chi connectivity index (χ4n) is 1.64. The average molecular weight is 259 g/mol. The van der Waals surface area contributed by atoms with Gasteiger partial charge in [-0.1, -0.05) is 18.2 Å². The Hall–Kier alpha value is -2.69. The normalized spacial score (nSPS) is 9.95. The first-order valence-electron chi connectivity index (χ1n) is 5.56. The van der Waals surface area contributed by atoms with Crippen molar-refractivity contribution in [2.45, 2.75) is 0 Å². The highest BCUT2D eigenvalue weighted by Gasteiger charge is 2.13. The van der Waals surface area contributed by atoms with Gasteiger partial charge in [-0.2, -0.15) is 0 Å². The Bertz CT molecular complexity index is 610. The molecule has 0 saturated heterocycles. The second-order valence-corrected chi connectivity index (χ2v) is 3.78. The highest BCUT2D eigenvalue weighted by molar-refractivity contribution is 5.95. The molecule has 0 heterocycles. The molecule has 0 radical (unpaired) electrons. The number of methoxy groups -OCH3 is 1. The molecule has 0 aliphatic carbocycles. The smallest absolute Gasteiger partial charge is 0.337 e. The molecular weight excluding hydrogens is 246 g/mol. The summed E-state index contributed by atoms with van der Waals surface area (Å²) < 4.78 is 10.8. The second-order valence-electron chi connectivity index (χ2n) is 3.78. The van der Waals surface area contributed by atoms with Crippen LogP contribution < -0.4 is 15.2 Å². The average Bonchev–Trinajstić information content (AvgIpc) is 2.41. The summed E-state index contributed by atoms with van der Waals surface area (Å²) in [4.78, 5) is 11.0. The molecule has 0 spiro atoms. The van der Waals surface area contributed by atoms with Crippen LogP contribution in [0.3, 0.4) is 0 Å². The topological polar surface area (TPSA) is 81.8 Å². The van der Waals surface area contributed by atoms with Crippen molar-refractivity contribution >= 4 is 11.7 Å². The van der Waals surface area contributed by atoms with Crippen molar-refractivity contribution in [1.29, 1.82) is 0 Å². The van der Waals surface area contributed by atoms with E-state index < -0.39 is 5.97 Å². The lowest BCUT2D eigenvalue weighted by atomic mass is 10.1. The first kappa shape index (κ1) is 12.8. The van der Waals surface area contributed by atoms with Crippen molar-refractivity contribution in [1.82, 2.24) is 0 Å². The Morgan fingerprint density at radius 2 is 1.68 bits per heavy atom. The van der Waals surface area contributed by atoms with Crippen LogP contribution in [0.15, 0.2) is 42.5 Å². The molecule has 98 valence electrons. The Balaban J connectivity index is 2.39. The molecule has 0 bridgehead atoms. The fourth-order valence-corrected chi connectivity index (χ4v) is 1.64. The molecule has 0 aliphatic rings. The third kappa shape index (κ3) is 2.60. The van der Waals surface area contributed by atoms with E-state index in [0.717, 1.165) is 0 Å². The van der Waals surface area contributed by atoms with E-state index in [2.05, 4.69) is 0 Å². The van der Waals surface area contributed by atoms with E-state index in [1.54, 1.807) is 30.3 Å². The number of hydrogen-bond acceptors (Lipinski definition) is 4. The summed E-state index contributed by atoms with van der Waals surface area (Å²) in [5, 5.41) is 9.00. The van der Waals surface area contributed by atoms with E-state index in [9.17, 15) is 4.79 Å². The minimum atomic E-state index is -1.09. The molecular formula is C14H13NO4. The van der Waals surface area contributed by atoms with Gasteiger partial charge in [0.2, 0.25) is 0 Å². The van der Waals surface area contributed by atoms with Crippen LogP contribution in [-0.2, 0) is 0 Å². The van der Waals surface area contributed by atoms with Gasteiger partial charge in [-0.15, -0.1) is 0 Å². The number of aromatic carboxylic acids is 1. The molecule has 0 aromatic heterocycles. The van der Waals surface area contributed by atoms with Gasteiger partial charge in [0.05, 0.1) is 18.4 Å². The number of nitrogens with two attached hydrogens (primary N) is 1. The van der Waals surface area contributed by atoms with Gasteiger partial charge in [0.1, 0.15) is 0 Å². The van der Waals surface area contributed by atoms with Crippen molar-refractivity contribution in [3.05, 3.63) is 48.0 Å². The zero-order valence-electron chi connectivity index (χ0n) is 10.3. The molecule has 2 rings (SSSR count). The van der Waals surface area contributed by atoms with Gasteiger partial charge < -0.3 is 20.3 Å². The number of para-hydroxylation sites is 3. The van der Waals surface area contributed by atoms with Crippen LogP contribution in [0.2, 0.25) is 0 Å². The van der Waals surface area contributed by atoms with Crippen LogP contribution in [0, 0.1) is 0 Å². The maximum absolute atomic E-state index is 11.0. The van der Waals surface area contributed by atoms with Crippen LogP contribution in [0.5, 0.6) is 17.2 Å². The molecule has 19 heavy (non-hydrogen) atoms. The van der Waals surface area contributed by atoms with Crippen LogP contribution in [0.1, 0.15) is 10.4 Å². The van der Waals surface area contributed by atoms with E-state index >= 15 is 0 Å². The van der Waals surface area contributed by atoms with E-state index in [1.165, 1.54) is 13.2 Å². The first-order valence-corrected chi connectivity index (χ1v) is 5.56. The number of nitrogen functional groups attached to an aromatic ring is 1. The number of hydrogen-bond donors (Lipinski definition) is 2. The summed E-state index contributed by atoms with van der Waals surface area (Å²) in [5.74, 6) is 0.203. The Morgan fingerprint density at radius 3 is 2.32 bits per heavy atom. The van der Waals surface area contributed by atoms with Gasteiger partial charge in [0.15, 0.2) is 17.2 Å². The Labute approximate surface area is 110 Å². The van der Waals surface area contributed by atoms with Gasteiger partial charge in [0.25, 0.3) is 0 Å². The number of anilines is 1. The number of carboxylic acid groups (broad SMARTS) is 1. The number of carboxylic acids is 1. The zero-order valence-corrected chi connectivity index (χ0v) is 10.3. The van der Waals surface area contributed by atoms with Crippen molar-refractivity contribution in [3.63, 3.8) is 0 Å². The molecule has 0 aliphatic heterocycles. The molecule has 0 atom stereocenters. The Morgan fingerprint density at radius 1 is 1.05 bits per heavy atom. The quantitative estimate of drug-likeness (QED) is 0.825. The molecule has 0 unspecified atom stereocenters. The van der Waals surface area contributed by atoms with Crippen LogP contribution in [0.4, 0.5) is 5.69 Å². The summed E-state index contributed by atoms with van der Waals surface area (Å²) in [6, 6.07) is 11.7. The van der Waals surface area contributed by atoms with Crippen molar-refractivity contribution in [3.8, 4) is 17.2 Å². The summed E-state index contributed by atoms with van der Waals surface area (Å²) in [6.07, 6.45) is 0. The van der Waals surface area contributed by atoms with Crippen molar-refractivity contribution < 1.29 is 19.4 Å². The number of benzene rings is 2. The molecule has 3 N–H and O–H groups in total. The monoisotopic (exact) mass is 259 g/mol. The van der Waals surface area contributed by atoms with Crippen molar-refractivity contribution in [2.24, 2.45) is 0 Å². The molecule has 5 heteroatoms. The molecule has 0 fully saturated rings. The molecule has 0 saturated carbocycles. The number of ether oxygens (including phenoxy) is 2. The van der Waals surface area contributed by atoms with Gasteiger partial charge in [-0.3, -0.25) is 0 Å². The third-order valence-electron chi connectivity index (χ3n) is 2.59. The highest BCUT2D eigenvalue weighted by Crippen LogP contribution is 2.34.